The molecule has 0 aromatic heterocycles. The number of carboxylic acids is 1. The first-order valence-electron chi connectivity index (χ1n) is 6.20. The van der Waals surface area contributed by atoms with Crippen LogP contribution in [0.25, 0.3) is 0 Å². The van der Waals surface area contributed by atoms with Crippen molar-refractivity contribution in [2.45, 2.75) is 25.2 Å². The molecular formula is C13H19NO4S. The lowest BCUT2D eigenvalue weighted by molar-refractivity contribution is -0.136. The second-order valence-electron chi connectivity index (χ2n) is 4.12. The molecule has 0 amide bonds. The lowest BCUT2D eigenvalue weighted by Crippen LogP contribution is -2.25. The maximum Gasteiger partial charge on any atom is 0.305 e. The summed E-state index contributed by atoms with van der Waals surface area (Å²) in [6.45, 7) is 4.62. The van der Waals surface area contributed by atoms with Gasteiger partial charge in [-0.15, -0.1) is 0 Å². The minimum absolute atomic E-state index is 0.0584. The number of hydrogen-bond acceptors (Lipinski definition) is 4. The SMILES string of the molecule is CCN(CCC(=O)O)c1ccc(S(=O)(=O)CC)cc1. The highest BCUT2D eigenvalue weighted by molar-refractivity contribution is 7.91. The zero-order chi connectivity index (χ0) is 14.5. The molecule has 1 N–H and O–H groups in total. The van der Waals surface area contributed by atoms with Crippen molar-refractivity contribution in [2.24, 2.45) is 0 Å². The molecule has 0 aliphatic heterocycles. The Hall–Kier alpha value is -1.56. The number of anilines is 1. The summed E-state index contributed by atoms with van der Waals surface area (Å²) in [6, 6.07) is 6.57. The highest BCUT2D eigenvalue weighted by Crippen LogP contribution is 2.19. The smallest absolute Gasteiger partial charge is 0.305 e. The quantitative estimate of drug-likeness (QED) is 0.826. The summed E-state index contributed by atoms with van der Waals surface area (Å²) in [6.07, 6.45) is 0.0584. The monoisotopic (exact) mass is 285 g/mol. The minimum atomic E-state index is -3.19. The second kappa shape index (κ2) is 6.56. The van der Waals surface area contributed by atoms with Crippen LogP contribution in [0.2, 0.25) is 0 Å². The van der Waals surface area contributed by atoms with Crippen LogP contribution < -0.4 is 4.90 Å². The van der Waals surface area contributed by atoms with Gasteiger partial charge in [-0.2, -0.15) is 0 Å². The topological polar surface area (TPSA) is 74.7 Å². The van der Waals surface area contributed by atoms with Crippen molar-refractivity contribution in [3.63, 3.8) is 0 Å². The molecule has 0 aliphatic rings. The number of carboxylic acid groups (broad SMARTS) is 1. The Balaban J connectivity index is 2.87. The summed E-state index contributed by atoms with van der Waals surface area (Å²) in [5.74, 6) is -0.772. The maximum absolute atomic E-state index is 11.7. The van der Waals surface area contributed by atoms with Gasteiger partial charge in [0.15, 0.2) is 9.84 Å². The van der Waals surface area contributed by atoms with Gasteiger partial charge in [-0.3, -0.25) is 4.79 Å². The Bertz CT molecular complexity index is 522. The van der Waals surface area contributed by atoms with E-state index in [2.05, 4.69) is 0 Å². The second-order valence-corrected chi connectivity index (χ2v) is 6.40. The number of benzene rings is 1. The van der Waals surface area contributed by atoms with Crippen LogP contribution in [0.15, 0.2) is 29.2 Å². The summed E-state index contributed by atoms with van der Waals surface area (Å²) in [5, 5.41) is 8.68. The number of sulfone groups is 1. The Morgan fingerprint density at radius 3 is 2.21 bits per heavy atom. The fourth-order valence-corrected chi connectivity index (χ4v) is 2.62. The van der Waals surface area contributed by atoms with E-state index in [0.29, 0.717) is 18.0 Å². The van der Waals surface area contributed by atoms with Gasteiger partial charge in [0.05, 0.1) is 17.1 Å². The van der Waals surface area contributed by atoms with Gasteiger partial charge in [0.25, 0.3) is 0 Å². The first kappa shape index (κ1) is 15.5. The first-order chi connectivity index (χ1) is 8.90. The summed E-state index contributed by atoms with van der Waals surface area (Å²) in [4.78, 5) is 12.8. The number of nitrogens with zero attached hydrogens (tertiary/aromatic N) is 1. The van der Waals surface area contributed by atoms with Crippen molar-refractivity contribution in [3.05, 3.63) is 24.3 Å². The Kier molecular flexibility index (Phi) is 5.35. The molecule has 5 nitrogen and oxygen atoms in total. The van der Waals surface area contributed by atoms with Gasteiger partial charge in [0.2, 0.25) is 0 Å². The van der Waals surface area contributed by atoms with Crippen LogP contribution >= 0.6 is 0 Å². The summed E-state index contributed by atoms with van der Waals surface area (Å²) in [5.41, 5.74) is 0.832. The molecule has 0 heterocycles. The van der Waals surface area contributed by atoms with Crippen molar-refractivity contribution in [2.75, 3.05) is 23.7 Å². The summed E-state index contributed by atoms with van der Waals surface area (Å²) < 4.78 is 23.4. The van der Waals surface area contributed by atoms with Gasteiger partial charge in [-0.1, -0.05) is 6.92 Å². The molecule has 0 unspecified atom stereocenters. The standard InChI is InChI=1S/C13H19NO4S/c1-3-14(10-9-13(15)16)11-5-7-12(8-6-11)19(17,18)4-2/h5-8H,3-4,9-10H2,1-2H3,(H,15,16). The van der Waals surface area contributed by atoms with E-state index in [1.165, 1.54) is 0 Å². The third-order valence-electron chi connectivity index (χ3n) is 2.92. The third kappa shape index (κ3) is 4.24. The maximum atomic E-state index is 11.7. The molecule has 0 saturated heterocycles. The summed E-state index contributed by atoms with van der Waals surface area (Å²) in [7, 11) is -3.19. The molecule has 0 fully saturated rings. The van der Waals surface area contributed by atoms with Gasteiger partial charge < -0.3 is 10.0 Å². The van der Waals surface area contributed by atoms with Crippen LogP contribution in [0, 0.1) is 0 Å². The molecule has 0 bridgehead atoms. The average Bonchev–Trinajstić information content (AvgIpc) is 2.39. The van der Waals surface area contributed by atoms with E-state index in [1.54, 1.807) is 31.2 Å². The molecule has 0 saturated carbocycles. The van der Waals surface area contributed by atoms with Gasteiger partial charge in [-0.05, 0) is 31.2 Å². The molecule has 1 aromatic rings. The van der Waals surface area contributed by atoms with Crippen molar-refractivity contribution in [1.82, 2.24) is 0 Å². The van der Waals surface area contributed by atoms with Gasteiger partial charge >= 0.3 is 5.97 Å². The lowest BCUT2D eigenvalue weighted by Gasteiger charge is -2.22. The van der Waals surface area contributed by atoms with E-state index in [1.807, 2.05) is 11.8 Å². The minimum Gasteiger partial charge on any atom is -0.481 e. The zero-order valence-corrected chi connectivity index (χ0v) is 12.0. The van der Waals surface area contributed by atoms with Gasteiger partial charge in [-0.25, -0.2) is 8.42 Å². The van der Waals surface area contributed by atoms with Crippen LogP contribution in [0.3, 0.4) is 0 Å². The number of hydrogen-bond donors (Lipinski definition) is 1. The van der Waals surface area contributed by atoms with E-state index in [0.717, 1.165) is 5.69 Å². The van der Waals surface area contributed by atoms with Gasteiger partial charge in [0, 0.05) is 18.8 Å². The highest BCUT2D eigenvalue weighted by atomic mass is 32.2. The van der Waals surface area contributed by atoms with Crippen LogP contribution in [0.4, 0.5) is 5.69 Å². The molecule has 106 valence electrons. The normalized spacial score (nSPS) is 11.3. The Morgan fingerprint density at radius 1 is 1.21 bits per heavy atom. The van der Waals surface area contributed by atoms with Crippen LogP contribution in [-0.4, -0.2) is 38.3 Å². The molecule has 19 heavy (non-hydrogen) atoms. The zero-order valence-electron chi connectivity index (χ0n) is 11.2. The molecule has 0 aliphatic carbocycles. The largest absolute Gasteiger partial charge is 0.481 e. The van der Waals surface area contributed by atoms with E-state index in [-0.39, 0.29) is 12.2 Å². The third-order valence-corrected chi connectivity index (χ3v) is 4.67. The number of aliphatic carboxylic acids is 1. The first-order valence-corrected chi connectivity index (χ1v) is 7.85. The number of rotatable bonds is 7. The summed E-state index contributed by atoms with van der Waals surface area (Å²) >= 11 is 0. The fourth-order valence-electron chi connectivity index (χ4n) is 1.73. The molecule has 1 aromatic carbocycles. The van der Waals surface area contributed by atoms with Crippen LogP contribution in [0.1, 0.15) is 20.3 Å². The van der Waals surface area contributed by atoms with Crippen molar-refractivity contribution < 1.29 is 18.3 Å². The average molecular weight is 285 g/mol. The van der Waals surface area contributed by atoms with Crippen molar-refractivity contribution >= 4 is 21.5 Å². The molecule has 6 heteroatoms. The van der Waals surface area contributed by atoms with Crippen LogP contribution in [-0.2, 0) is 14.6 Å². The molecule has 0 spiro atoms. The predicted octanol–water partition coefficient (Wildman–Crippen LogP) is 1.78. The van der Waals surface area contributed by atoms with Crippen molar-refractivity contribution in [3.8, 4) is 0 Å². The van der Waals surface area contributed by atoms with Crippen LogP contribution in [0.5, 0.6) is 0 Å². The van der Waals surface area contributed by atoms with E-state index >= 15 is 0 Å². The number of carbonyl (C=O) groups is 1. The molecule has 0 radical (unpaired) electrons. The predicted molar refractivity (Wildman–Crippen MR) is 74.3 cm³/mol. The fraction of sp³-hybridized carbons (Fsp3) is 0.462. The van der Waals surface area contributed by atoms with E-state index < -0.39 is 15.8 Å². The Labute approximate surface area is 113 Å². The molecule has 0 atom stereocenters. The van der Waals surface area contributed by atoms with Gasteiger partial charge in [0.1, 0.15) is 0 Å². The Morgan fingerprint density at radius 2 is 1.79 bits per heavy atom. The lowest BCUT2D eigenvalue weighted by atomic mass is 10.2. The highest BCUT2D eigenvalue weighted by Gasteiger charge is 2.12. The van der Waals surface area contributed by atoms with E-state index in [4.69, 9.17) is 5.11 Å². The van der Waals surface area contributed by atoms with Crippen molar-refractivity contribution in [1.29, 1.82) is 0 Å². The molecule has 1 rings (SSSR count). The molecular weight excluding hydrogens is 266 g/mol. The van der Waals surface area contributed by atoms with E-state index in [9.17, 15) is 13.2 Å².